The molecule has 0 saturated carbocycles. The zero-order valence-electron chi connectivity index (χ0n) is 11.8. The molecule has 21 heavy (non-hydrogen) atoms. The van der Waals surface area contributed by atoms with E-state index in [0.29, 0.717) is 5.56 Å². The van der Waals surface area contributed by atoms with Crippen molar-refractivity contribution in [1.82, 2.24) is 0 Å². The van der Waals surface area contributed by atoms with E-state index in [-0.39, 0.29) is 10.7 Å². The van der Waals surface area contributed by atoms with Gasteiger partial charge in [-0.15, -0.1) is 11.8 Å². The summed E-state index contributed by atoms with van der Waals surface area (Å²) >= 11 is 1.04. The maximum atomic E-state index is 12.6. The number of thioether (sulfide) groups is 1. The summed E-state index contributed by atoms with van der Waals surface area (Å²) in [7, 11) is -3.70. The van der Waals surface area contributed by atoms with Gasteiger partial charge in [0.1, 0.15) is 0 Å². The fraction of sp³-hybridized carbons (Fsp3) is 0.188. The molecule has 0 spiro atoms. The van der Waals surface area contributed by atoms with E-state index >= 15 is 0 Å². The number of ketones is 1. The fourth-order valence-corrected chi connectivity index (χ4v) is 4.84. The zero-order chi connectivity index (χ0) is 15.5. The molecule has 5 heteroatoms. The number of aryl methyl sites for hydroxylation is 1. The predicted octanol–water partition coefficient (Wildman–Crippen LogP) is 3.34. The average molecular weight is 320 g/mol. The molecule has 0 saturated heterocycles. The van der Waals surface area contributed by atoms with Crippen LogP contribution in [0.1, 0.15) is 15.9 Å². The standard InChI is InChI=1S/C16H16O3S2/c1-12-8-10-14(11-9-12)21(18,19)16(20-2)15(17)13-6-4-3-5-7-13/h3-11,16H,1-2H3. The van der Waals surface area contributed by atoms with Crippen molar-refractivity contribution in [2.45, 2.75) is 16.4 Å². The quantitative estimate of drug-likeness (QED) is 0.793. The summed E-state index contributed by atoms with van der Waals surface area (Å²) in [5.41, 5.74) is 1.39. The van der Waals surface area contributed by atoms with Crippen molar-refractivity contribution in [1.29, 1.82) is 0 Å². The fourth-order valence-electron chi connectivity index (χ4n) is 1.96. The van der Waals surface area contributed by atoms with E-state index in [9.17, 15) is 13.2 Å². The van der Waals surface area contributed by atoms with Crippen LogP contribution in [0.15, 0.2) is 59.5 Å². The molecule has 0 aliphatic rings. The van der Waals surface area contributed by atoms with Crippen LogP contribution in [0.5, 0.6) is 0 Å². The third-order valence-corrected chi connectivity index (χ3v) is 6.80. The molecule has 0 aliphatic carbocycles. The van der Waals surface area contributed by atoms with Crippen LogP contribution in [-0.4, -0.2) is 25.0 Å². The second kappa shape index (κ2) is 6.45. The van der Waals surface area contributed by atoms with Gasteiger partial charge in [-0.05, 0) is 25.3 Å². The van der Waals surface area contributed by atoms with Gasteiger partial charge in [0.25, 0.3) is 0 Å². The lowest BCUT2D eigenvalue weighted by molar-refractivity contribution is 0.101. The van der Waals surface area contributed by atoms with E-state index in [0.717, 1.165) is 17.3 Å². The van der Waals surface area contributed by atoms with Crippen LogP contribution in [-0.2, 0) is 9.84 Å². The minimum atomic E-state index is -3.70. The highest BCUT2D eigenvalue weighted by molar-refractivity contribution is 8.14. The van der Waals surface area contributed by atoms with E-state index in [1.807, 2.05) is 6.92 Å². The van der Waals surface area contributed by atoms with Crippen molar-refractivity contribution >= 4 is 27.4 Å². The van der Waals surface area contributed by atoms with Gasteiger partial charge in [-0.3, -0.25) is 4.79 Å². The first-order valence-electron chi connectivity index (χ1n) is 6.39. The van der Waals surface area contributed by atoms with Crippen LogP contribution in [0.4, 0.5) is 0 Å². The number of carbonyl (C=O) groups excluding carboxylic acids is 1. The predicted molar refractivity (Wildman–Crippen MR) is 86.4 cm³/mol. The summed E-state index contributed by atoms with van der Waals surface area (Å²) in [6.07, 6.45) is 1.64. The first-order chi connectivity index (χ1) is 9.96. The Bertz CT molecular complexity index is 720. The Balaban J connectivity index is 2.41. The van der Waals surface area contributed by atoms with Crippen molar-refractivity contribution in [2.75, 3.05) is 6.26 Å². The number of hydrogen-bond acceptors (Lipinski definition) is 4. The molecule has 1 unspecified atom stereocenters. The zero-order valence-corrected chi connectivity index (χ0v) is 13.4. The lowest BCUT2D eigenvalue weighted by atomic mass is 10.1. The average Bonchev–Trinajstić information content (AvgIpc) is 2.49. The highest BCUT2D eigenvalue weighted by atomic mass is 32.3. The van der Waals surface area contributed by atoms with E-state index in [2.05, 4.69) is 0 Å². The maximum Gasteiger partial charge on any atom is 0.198 e. The second-order valence-electron chi connectivity index (χ2n) is 4.66. The molecule has 2 aromatic rings. The van der Waals surface area contributed by atoms with Crippen LogP contribution in [0.2, 0.25) is 0 Å². The van der Waals surface area contributed by atoms with Crippen molar-refractivity contribution < 1.29 is 13.2 Å². The SMILES string of the molecule is CSC(C(=O)c1ccccc1)S(=O)(=O)c1ccc(C)cc1. The molecular formula is C16H16O3S2. The molecular weight excluding hydrogens is 304 g/mol. The van der Waals surface area contributed by atoms with Gasteiger partial charge in [-0.2, -0.15) is 0 Å². The Morgan fingerprint density at radius 2 is 1.57 bits per heavy atom. The monoisotopic (exact) mass is 320 g/mol. The summed E-state index contributed by atoms with van der Waals surface area (Å²) in [6, 6.07) is 15.1. The summed E-state index contributed by atoms with van der Waals surface area (Å²) in [4.78, 5) is 12.6. The van der Waals surface area contributed by atoms with Gasteiger partial charge in [0.05, 0.1) is 4.90 Å². The first kappa shape index (κ1) is 15.8. The molecule has 0 amide bonds. The molecule has 2 rings (SSSR count). The molecule has 0 aromatic heterocycles. The lowest BCUT2D eigenvalue weighted by Gasteiger charge is -2.14. The first-order valence-corrected chi connectivity index (χ1v) is 9.23. The number of sulfone groups is 1. The van der Waals surface area contributed by atoms with Gasteiger partial charge >= 0.3 is 0 Å². The van der Waals surface area contributed by atoms with Crippen LogP contribution >= 0.6 is 11.8 Å². The normalized spacial score (nSPS) is 12.9. The molecule has 0 aliphatic heterocycles. The minimum absolute atomic E-state index is 0.178. The molecule has 0 fully saturated rings. The third-order valence-electron chi connectivity index (χ3n) is 3.12. The highest BCUT2D eigenvalue weighted by Crippen LogP contribution is 2.26. The molecule has 2 aromatic carbocycles. The van der Waals surface area contributed by atoms with Crippen molar-refractivity contribution in [3.63, 3.8) is 0 Å². The summed E-state index contributed by atoms with van der Waals surface area (Å²) in [6.45, 7) is 1.89. The highest BCUT2D eigenvalue weighted by Gasteiger charge is 2.33. The largest absolute Gasteiger partial charge is 0.292 e. The lowest BCUT2D eigenvalue weighted by Crippen LogP contribution is -2.27. The van der Waals surface area contributed by atoms with E-state index in [1.54, 1.807) is 60.9 Å². The van der Waals surface area contributed by atoms with E-state index in [4.69, 9.17) is 0 Å². The van der Waals surface area contributed by atoms with Crippen LogP contribution < -0.4 is 0 Å². The molecule has 0 radical (unpaired) electrons. The molecule has 3 nitrogen and oxygen atoms in total. The number of Topliss-reactive ketones (excluding diaryl/α,β-unsaturated/α-hetero) is 1. The van der Waals surface area contributed by atoms with Crippen molar-refractivity contribution in [3.05, 3.63) is 65.7 Å². The van der Waals surface area contributed by atoms with Gasteiger partial charge in [-0.25, -0.2) is 8.42 Å². The van der Waals surface area contributed by atoms with Gasteiger partial charge in [0.15, 0.2) is 20.2 Å². The van der Waals surface area contributed by atoms with Gasteiger partial charge in [0, 0.05) is 5.56 Å². The third kappa shape index (κ3) is 3.36. The van der Waals surface area contributed by atoms with E-state index in [1.165, 1.54) is 0 Å². The number of rotatable bonds is 5. The molecule has 0 heterocycles. The Morgan fingerprint density at radius 3 is 2.10 bits per heavy atom. The topological polar surface area (TPSA) is 51.2 Å². The Kier molecular flexibility index (Phi) is 4.85. The Labute approximate surface area is 129 Å². The summed E-state index contributed by atoms with van der Waals surface area (Å²) in [5, 5.41) is 0. The Morgan fingerprint density at radius 1 is 1.00 bits per heavy atom. The number of benzene rings is 2. The maximum absolute atomic E-state index is 12.6. The molecule has 0 bridgehead atoms. The Hall–Kier alpha value is -1.59. The van der Waals surface area contributed by atoms with Gasteiger partial charge in [0.2, 0.25) is 0 Å². The smallest absolute Gasteiger partial charge is 0.198 e. The summed E-state index contributed by atoms with van der Waals surface area (Å²) in [5.74, 6) is -0.385. The molecule has 1 atom stereocenters. The minimum Gasteiger partial charge on any atom is -0.292 e. The summed E-state index contributed by atoms with van der Waals surface area (Å²) < 4.78 is 24.2. The van der Waals surface area contributed by atoms with Crippen LogP contribution in [0.25, 0.3) is 0 Å². The van der Waals surface area contributed by atoms with Crippen molar-refractivity contribution in [2.24, 2.45) is 0 Å². The second-order valence-corrected chi connectivity index (χ2v) is 7.93. The van der Waals surface area contributed by atoms with Crippen molar-refractivity contribution in [3.8, 4) is 0 Å². The molecule has 0 N–H and O–H groups in total. The van der Waals surface area contributed by atoms with Crippen LogP contribution in [0, 0.1) is 6.92 Å². The number of hydrogen-bond donors (Lipinski definition) is 0. The molecule has 110 valence electrons. The van der Waals surface area contributed by atoms with Gasteiger partial charge in [-0.1, -0.05) is 48.0 Å². The number of carbonyl (C=O) groups is 1. The van der Waals surface area contributed by atoms with Crippen LogP contribution in [0.3, 0.4) is 0 Å². The van der Waals surface area contributed by atoms with E-state index < -0.39 is 14.4 Å². The van der Waals surface area contributed by atoms with Gasteiger partial charge < -0.3 is 0 Å².